The highest BCUT2D eigenvalue weighted by Gasteiger charge is 2.11. The monoisotopic (exact) mass is 182 g/mol. The van der Waals surface area contributed by atoms with E-state index in [1.165, 1.54) is 13.2 Å². The maximum Gasteiger partial charge on any atom is 0.163 e. The third kappa shape index (κ3) is 1.60. The van der Waals surface area contributed by atoms with E-state index < -0.39 is 0 Å². The Morgan fingerprint density at radius 3 is 2.38 bits per heavy atom. The summed E-state index contributed by atoms with van der Waals surface area (Å²) < 4.78 is 5.02. The highest BCUT2D eigenvalue weighted by atomic mass is 16.5. The lowest BCUT2D eigenvalue weighted by atomic mass is 10.0. The van der Waals surface area contributed by atoms with Gasteiger partial charge >= 0.3 is 0 Å². The van der Waals surface area contributed by atoms with Crippen LogP contribution in [0.25, 0.3) is 0 Å². The highest BCUT2D eigenvalue weighted by molar-refractivity contribution is 5.52. The van der Waals surface area contributed by atoms with E-state index in [2.05, 4.69) is 0 Å². The van der Waals surface area contributed by atoms with E-state index in [0.29, 0.717) is 5.75 Å². The fourth-order valence-electron chi connectivity index (χ4n) is 1.36. The average Bonchev–Trinajstić information content (AvgIpc) is 2.12. The van der Waals surface area contributed by atoms with E-state index in [0.717, 1.165) is 16.7 Å². The first kappa shape index (κ1) is 9.86. The summed E-state index contributed by atoms with van der Waals surface area (Å²) in [5.74, 6) is 0.560. The van der Waals surface area contributed by atoms with Crippen LogP contribution in [0.5, 0.6) is 11.5 Å². The molecule has 0 bridgehead atoms. The molecule has 1 aromatic rings. The van der Waals surface area contributed by atoms with E-state index in [-0.39, 0.29) is 12.4 Å². The van der Waals surface area contributed by atoms with Crippen LogP contribution in [0.4, 0.5) is 0 Å². The Morgan fingerprint density at radius 1 is 1.31 bits per heavy atom. The van der Waals surface area contributed by atoms with Gasteiger partial charge in [0.05, 0.1) is 13.7 Å². The number of phenolic OH excluding ortho intramolecular Hbond substituents is 1. The third-order valence-electron chi connectivity index (χ3n) is 2.30. The molecular formula is C10H14O3. The molecule has 0 aliphatic carbocycles. The molecular weight excluding hydrogens is 168 g/mol. The van der Waals surface area contributed by atoms with Crippen molar-refractivity contribution in [2.75, 3.05) is 7.11 Å². The molecule has 0 saturated carbocycles. The van der Waals surface area contributed by atoms with Gasteiger partial charge in [-0.1, -0.05) is 0 Å². The maximum absolute atomic E-state index is 9.49. The van der Waals surface area contributed by atoms with Crippen molar-refractivity contribution in [1.82, 2.24) is 0 Å². The van der Waals surface area contributed by atoms with Gasteiger partial charge in [-0.3, -0.25) is 0 Å². The van der Waals surface area contributed by atoms with Crippen LogP contribution in [0.2, 0.25) is 0 Å². The third-order valence-corrected chi connectivity index (χ3v) is 2.30. The molecule has 0 amide bonds. The number of hydrogen-bond acceptors (Lipinski definition) is 3. The van der Waals surface area contributed by atoms with Gasteiger partial charge in [0.2, 0.25) is 0 Å². The topological polar surface area (TPSA) is 49.7 Å². The summed E-state index contributed by atoms with van der Waals surface area (Å²) in [5, 5.41) is 18.5. The van der Waals surface area contributed by atoms with E-state index >= 15 is 0 Å². The number of hydrogen-bond donors (Lipinski definition) is 2. The fraction of sp³-hybridized carbons (Fsp3) is 0.400. The average molecular weight is 182 g/mol. The molecule has 0 radical (unpaired) electrons. The number of benzene rings is 1. The second-order valence-corrected chi connectivity index (χ2v) is 3.00. The summed E-state index contributed by atoms with van der Waals surface area (Å²) >= 11 is 0. The van der Waals surface area contributed by atoms with Crippen LogP contribution >= 0.6 is 0 Å². The van der Waals surface area contributed by atoms with E-state index in [1.807, 2.05) is 13.8 Å². The van der Waals surface area contributed by atoms with E-state index in [9.17, 15) is 5.11 Å². The second-order valence-electron chi connectivity index (χ2n) is 3.00. The SMILES string of the molecule is COc1c(O)cc(CO)c(C)c1C. The summed E-state index contributed by atoms with van der Waals surface area (Å²) in [7, 11) is 1.51. The maximum atomic E-state index is 9.49. The van der Waals surface area contributed by atoms with Gasteiger partial charge in [0, 0.05) is 0 Å². The molecule has 13 heavy (non-hydrogen) atoms. The Hall–Kier alpha value is -1.22. The minimum Gasteiger partial charge on any atom is -0.504 e. The Morgan fingerprint density at radius 2 is 1.92 bits per heavy atom. The van der Waals surface area contributed by atoms with Crippen LogP contribution < -0.4 is 4.74 Å². The molecule has 0 aliphatic heterocycles. The number of aliphatic hydroxyl groups is 1. The molecule has 0 aromatic heterocycles. The summed E-state index contributed by atoms with van der Waals surface area (Å²) in [5.41, 5.74) is 2.56. The van der Waals surface area contributed by atoms with Gasteiger partial charge in [-0.15, -0.1) is 0 Å². The molecule has 0 saturated heterocycles. The van der Waals surface area contributed by atoms with Crippen molar-refractivity contribution in [3.63, 3.8) is 0 Å². The standard InChI is InChI=1S/C10H14O3/c1-6-7(2)10(13-3)9(12)4-8(6)5-11/h4,11-12H,5H2,1-3H3. The van der Waals surface area contributed by atoms with Crippen LogP contribution in [0.15, 0.2) is 6.07 Å². The van der Waals surface area contributed by atoms with Crippen molar-refractivity contribution in [2.45, 2.75) is 20.5 Å². The summed E-state index contributed by atoms with van der Waals surface area (Å²) in [6, 6.07) is 1.53. The lowest BCUT2D eigenvalue weighted by Crippen LogP contribution is -1.96. The van der Waals surface area contributed by atoms with Crippen molar-refractivity contribution >= 4 is 0 Å². The van der Waals surface area contributed by atoms with E-state index in [1.54, 1.807) is 0 Å². The molecule has 0 aliphatic rings. The minimum atomic E-state index is -0.0653. The molecule has 0 unspecified atom stereocenters. The predicted octanol–water partition coefficient (Wildman–Crippen LogP) is 1.51. The van der Waals surface area contributed by atoms with Crippen LogP contribution in [-0.2, 0) is 6.61 Å². The Kier molecular flexibility index (Phi) is 2.78. The first-order valence-electron chi connectivity index (χ1n) is 4.08. The minimum absolute atomic E-state index is 0.0653. The summed E-state index contributed by atoms with van der Waals surface area (Å²) in [6.07, 6.45) is 0. The highest BCUT2D eigenvalue weighted by Crippen LogP contribution is 2.33. The van der Waals surface area contributed by atoms with Crippen molar-refractivity contribution in [2.24, 2.45) is 0 Å². The van der Waals surface area contributed by atoms with Crippen molar-refractivity contribution in [3.05, 3.63) is 22.8 Å². The van der Waals surface area contributed by atoms with Crippen LogP contribution in [0.1, 0.15) is 16.7 Å². The van der Waals surface area contributed by atoms with Gasteiger partial charge < -0.3 is 14.9 Å². The predicted molar refractivity (Wildman–Crippen MR) is 50.1 cm³/mol. The number of methoxy groups -OCH3 is 1. The number of aromatic hydroxyl groups is 1. The fourth-order valence-corrected chi connectivity index (χ4v) is 1.36. The lowest BCUT2D eigenvalue weighted by molar-refractivity contribution is 0.279. The number of ether oxygens (including phenoxy) is 1. The van der Waals surface area contributed by atoms with Gasteiger partial charge in [0.15, 0.2) is 11.5 Å². The zero-order valence-corrected chi connectivity index (χ0v) is 8.09. The molecule has 72 valence electrons. The molecule has 3 heteroatoms. The van der Waals surface area contributed by atoms with Crippen molar-refractivity contribution in [1.29, 1.82) is 0 Å². The van der Waals surface area contributed by atoms with Crippen molar-refractivity contribution < 1.29 is 14.9 Å². The smallest absolute Gasteiger partial charge is 0.163 e. The first-order valence-corrected chi connectivity index (χ1v) is 4.08. The Labute approximate surface area is 77.6 Å². The summed E-state index contributed by atoms with van der Waals surface area (Å²) in [6.45, 7) is 3.68. The Bertz CT molecular complexity index is 318. The van der Waals surface area contributed by atoms with Crippen molar-refractivity contribution in [3.8, 4) is 11.5 Å². The van der Waals surface area contributed by atoms with Gasteiger partial charge in [-0.25, -0.2) is 0 Å². The first-order chi connectivity index (χ1) is 6.11. The van der Waals surface area contributed by atoms with Crippen LogP contribution in [0.3, 0.4) is 0 Å². The molecule has 1 aromatic carbocycles. The molecule has 1 rings (SSSR count). The largest absolute Gasteiger partial charge is 0.504 e. The molecule has 2 N–H and O–H groups in total. The molecule has 0 heterocycles. The lowest BCUT2D eigenvalue weighted by Gasteiger charge is -2.12. The van der Waals surface area contributed by atoms with Crippen LogP contribution in [0, 0.1) is 13.8 Å². The molecule has 3 nitrogen and oxygen atoms in total. The zero-order valence-electron chi connectivity index (χ0n) is 8.09. The number of aliphatic hydroxyl groups excluding tert-OH is 1. The number of rotatable bonds is 2. The zero-order chi connectivity index (χ0) is 10.0. The Balaban J connectivity index is 3.37. The quantitative estimate of drug-likeness (QED) is 0.728. The molecule has 0 atom stereocenters. The van der Waals surface area contributed by atoms with Gasteiger partial charge in [0.1, 0.15) is 0 Å². The molecule has 0 spiro atoms. The van der Waals surface area contributed by atoms with Crippen LogP contribution in [-0.4, -0.2) is 17.3 Å². The van der Waals surface area contributed by atoms with Gasteiger partial charge in [-0.05, 0) is 36.6 Å². The van der Waals surface area contributed by atoms with Gasteiger partial charge in [-0.2, -0.15) is 0 Å². The van der Waals surface area contributed by atoms with E-state index in [4.69, 9.17) is 9.84 Å². The molecule has 0 fully saturated rings. The number of phenols is 1. The normalized spacial score (nSPS) is 10.2. The van der Waals surface area contributed by atoms with Gasteiger partial charge in [0.25, 0.3) is 0 Å². The summed E-state index contributed by atoms with van der Waals surface area (Å²) in [4.78, 5) is 0. The second kappa shape index (κ2) is 3.66.